The van der Waals surface area contributed by atoms with Crippen LogP contribution >= 0.6 is 0 Å². The van der Waals surface area contributed by atoms with Crippen molar-refractivity contribution in [2.75, 3.05) is 0 Å². The van der Waals surface area contributed by atoms with Crippen molar-refractivity contribution < 1.29 is 4.79 Å². The molecule has 1 aromatic heterocycles. The summed E-state index contributed by atoms with van der Waals surface area (Å²) in [5.41, 5.74) is 0.762. The van der Waals surface area contributed by atoms with Crippen molar-refractivity contribution in [2.45, 2.75) is 52.1 Å². The summed E-state index contributed by atoms with van der Waals surface area (Å²) < 4.78 is 0. The normalized spacial score (nSPS) is 18.9. The fourth-order valence-electron chi connectivity index (χ4n) is 2.54. The number of hydrogen-bond donors (Lipinski definition) is 0. The molecular weight excluding hydrogens is 248 g/mol. The van der Waals surface area contributed by atoms with Crippen LogP contribution in [-0.4, -0.2) is 21.3 Å². The summed E-state index contributed by atoms with van der Waals surface area (Å²) in [6.45, 7) is 6.86. The van der Waals surface area contributed by atoms with Crippen molar-refractivity contribution in [3.05, 3.63) is 42.2 Å². The minimum Gasteiger partial charge on any atom is -0.332 e. The molecule has 108 valence electrons. The maximum atomic E-state index is 12.8. The largest absolute Gasteiger partial charge is 0.332 e. The second kappa shape index (κ2) is 6.21. The van der Waals surface area contributed by atoms with Crippen molar-refractivity contribution in [1.82, 2.24) is 9.88 Å². The van der Waals surface area contributed by atoms with Crippen LogP contribution in [0.25, 0.3) is 0 Å². The third-order valence-electron chi connectivity index (χ3n) is 3.74. The Morgan fingerprint density at radius 1 is 1.35 bits per heavy atom. The summed E-state index contributed by atoms with van der Waals surface area (Å²) in [5.74, 6) is 0.385. The molecule has 0 radical (unpaired) electrons. The number of nitrogens with zero attached hydrogens (tertiary/aromatic N) is 2. The SMILES string of the molecule is CC(C)(C)N(Cc1ccccn1)C(=O)C1CC=CCC1. The lowest BCUT2D eigenvalue weighted by atomic mass is 9.91. The van der Waals surface area contributed by atoms with Crippen LogP contribution in [0.5, 0.6) is 0 Å². The zero-order valence-corrected chi connectivity index (χ0v) is 12.7. The number of aromatic nitrogens is 1. The van der Waals surface area contributed by atoms with Gasteiger partial charge in [-0.25, -0.2) is 0 Å². The summed E-state index contributed by atoms with van der Waals surface area (Å²) in [5, 5.41) is 0. The predicted octanol–water partition coefficient (Wildman–Crippen LogP) is 3.57. The van der Waals surface area contributed by atoms with Crippen LogP contribution < -0.4 is 0 Å². The van der Waals surface area contributed by atoms with E-state index in [0.717, 1.165) is 25.0 Å². The topological polar surface area (TPSA) is 33.2 Å². The number of allylic oxidation sites excluding steroid dienone is 2. The molecule has 1 atom stereocenters. The summed E-state index contributed by atoms with van der Waals surface area (Å²) in [7, 11) is 0. The van der Waals surface area contributed by atoms with Gasteiger partial charge in [-0.2, -0.15) is 0 Å². The Kier molecular flexibility index (Phi) is 4.58. The number of carbonyl (C=O) groups excluding carboxylic acids is 1. The van der Waals surface area contributed by atoms with E-state index in [1.807, 2.05) is 23.1 Å². The Balaban J connectivity index is 2.15. The van der Waals surface area contributed by atoms with E-state index in [2.05, 4.69) is 37.9 Å². The molecule has 1 aliphatic carbocycles. The highest BCUT2D eigenvalue weighted by molar-refractivity contribution is 5.79. The van der Waals surface area contributed by atoms with Gasteiger partial charge in [0.15, 0.2) is 0 Å². The Labute approximate surface area is 121 Å². The molecule has 1 unspecified atom stereocenters. The minimum absolute atomic E-state index is 0.128. The predicted molar refractivity (Wildman–Crippen MR) is 81.0 cm³/mol. The van der Waals surface area contributed by atoms with Crippen LogP contribution in [0.4, 0.5) is 0 Å². The number of hydrogen-bond acceptors (Lipinski definition) is 2. The van der Waals surface area contributed by atoms with E-state index in [0.29, 0.717) is 6.54 Å². The molecule has 20 heavy (non-hydrogen) atoms. The molecule has 0 fully saturated rings. The first-order valence-corrected chi connectivity index (χ1v) is 7.35. The molecule has 1 amide bonds. The third-order valence-corrected chi connectivity index (χ3v) is 3.74. The highest BCUT2D eigenvalue weighted by atomic mass is 16.2. The monoisotopic (exact) mass is 272 g/mol. The van der Waals surface area contributed by atoms with Crippen LogP contribution in [0.1, 0.15) is 45.7 Å². The van der Waals surface area contributed by atoms with Crippen LogP contribution in [0.3, 0.4) is 0 Å². The van der Waals surface area contributed by atoms with E-state index < -0.39 is 0 Å². The van der Waals surface area contributed by atoms with Crippen molar-refractivity contribution in [2.24, 2.45) is 5.92 Å². The highest BCUT2D eigenvalue weighted by Gasteiger charge is 2.31. The van der Waals surface area contributed by atoms with Gasteiger partial charge in [0.25, 0.3) is 0 Å². The second-order valence-electron chi connectivity index (χ2n) is 6.40. The van der Waals surface area contributed by atoms with Gasteiger partial charge in [0.1, 0.15) is 0 Å². The first-order chi connectivity index (χ1) is 9.48. The van der Waals surface area contributed by atoms with Gasteiger partial charge >= 0.3 is 0 Å². The van der Waals surface area contributed by atoms with E-state index in [4.69, 9.17) is 0 Å². The fraction of sp³-hybridized carbons (Fsp3) is 0.529. The molecular formula is C17H24N2O. The first-order valence-electron chi connectivity index (χ1n) is 7.35. The molecule has 3 nitrogen and oxygen atoms in total. The minimum atomic E-state index is -0.185. The number of rotatable bonds is 3. The van der Waals surface area contributed by atoms with Crippen LogP contribution in [0.2, 0.25) is 0 Å². The summed E-state index contributed by atoms with van der Waals surface area (Å²) in [4.78, 5) is 19.1. The number of pyridine rings is 1. The van der Waals surface area contributed by atoms with Gasteiger partial charge in [-0.1, -0.05) is 18.2 Å². The average molecular weight is 272 g/mol. The maximum absolute atomic E-state index is 12.8. The molecule has 0 aromatic carbocycles. The van der Waals surface area contributed by atoms with Crippen molar-refractivity contribution in [3.63, 3.8) is 0 Å². The van der Waals surface area contributed by atoms with Gasteiger partial charge < -0.3 is 4.90 Å². The van der Waals surface area contributed by atoms with E-state index in [1.54, 1.807) is 6.20 Å². The zero-order valence-electron chi connectivity index (χ0n) is 12.7. The lowest BCUT2D eigenvalue weighted by Gasteiger charge is -2.38. The number of amides is 1. The van der Waals surface area contributed by atoms with Gasteiger partial charge in [0.2, 0.25) is 5.91 Å². The second-order valence-corrected chi connectivity index (χ2v) is 6.40. The summed E-state index contributed by atoms with van der Waals surface area (Å²) >= 11 is 0. The summed E-state index contributed by atoms with van der Waals surface area (Å²) in [6, 6.07) is 5.85. The van der Waals surface area contributed by atoms with E-state index in [-0.39, 0.29) is 17.4 Å². The lowest BCUT2D eigenvalue weighted by molar-refractivity contribution is -0.141. The third kappa shape index (κ3) is 3.69. The number of carbonyl (C=O) groups is 1. The van der Waals surface area contributed by atoms with Crippen molar-refractivity contribution >= 4 is 5.91 Å². The van der Waals surface area contributed by atoms with Crippen molar-refractivity contribution in [3.8, 4) is 0 Å². The van der Waals surface area contributed by atoms with E-state index in [9.17, 15) is 4.79 Å². The van der Waals surface area contributed by atoms with Crippen molar-refractivity contribution in [1.29, 1.82) is 0 Å². The van der Waals surface area contributed by atoms with E-state index in [1.165, 1.54) is 0 Å². The molecule has 1 heterocycles. The Morgan fingerprint density at radius 2 is 2.15 bits per heavy atom. The standard InChI is InChI=1S/C17H24N2O/c1-17(2,3)19(13-15-11-7-8-12-18-15)16(20)14-9-5-4-6-10-14/h4-5,7-8,11-12,14H,6,9-10,13H2,1-3H3. The quantitative estimate of drug-likeness (QED) is 0.788. The van der Waals surface area contributed by atoms with Crippen LogP contribution in [0.15, 0.2) is 36.5 Å². The van der Waals surface area contributed by atoms with Gasteiger partial charge in [-0.05, 0) is 52.2 Å². The fourth-order valence-corrected chi connectivity index (χ4v) is 2.54. The van der Waals surface area contributed by atoms with Gasteiger partial charge in [0, 0.05) is 17.7 Å². The molecule has 0 aliphatic heterocycles. The first kappa shape index (κ1) is 14.8. The Morgan fingerprint density at radius 3 is 2.70 bits per heavy atom. The average Bonchev–Trinajstić information content (AvgIpc) is 2.45. The molecule has 0 bridgehead atoms. The molecule has 0 saturated carbocycles. The smallest absolute Gasteiger partial charge is 0.226 e. The molecule has 3 heteroatoms. The molecule has 1 aliphatic rings. The molecule has 1 aromatic rings. The van der Waals surface area contributed by atoms with Gasteiger partial charge in [0.05, 0.1) is 12.2 Å². The highest BCUT2D eigenvalue weighted by Crippen LogP contribution is 2.26. The lowest BCUT2D eigenvalue weighted by Crippen LogP contribution is -2.48. The zero-order chi connectivity index (χ0) is 14.6. The Hall–Kier alpha value is -1.64. The van der Waals surface area contributed by atoms with Gasteiger partial charge in [-0.15, -0.1) is 0 Å². The molecule has 0 spiro atoms. The molecule has 0 saturated heterocycles. The van der Waals surface area contributed by atoms with Crippen LogP contribution in [-0.2, 0) is 11.3 Å². The van der Waals surface area contributed by atoms with Crippen LogP contribution in [0, 0.1) is 5.92 Å². The molecule has 0 N–H and O–H groups in total. The summed E-state index contributed by atoms with van der Waals surface area (Å²) in [6.07, 6.45) is 8.93. The maximum Gasteiger partial charge on any atom is 0.226 e. The molecule has 2 rings (SSSR count). The van der Waals surface area contributed by atoms with E-state index >= 15 is 0 Å². The Bertz CT molecular complexity index is 474. The van der Waals surface area contributed by atoms with Gasteiger partial charge in [-0.3, -0.25) is 9.78 Å².